The Kier molecular flexibility index (Phi) is 5.15. The van der Waals surface area contributed by atoms with Gasteiger partial charge in [0, 0.05) is 38.8 Å². The van der Waals surface area contributed by atoms with Crippen LogP contribution in [0.3, 0.4) is 0 Å². The fourth-order valence-electron chi connectivity index (χ4n) is 3.15. The van der Waals surface area contributed by atoms with Crippen LogP contribution in [-0.4, -0.2) is 70.8 Å². The third kappa shape index (κ3) is 3.65. The molecule has 6 heteroatoms. The van der Waals surface area contributed by atoms with Gasteiger partial charge in [-0.2, -0.15) is 0 Å². The van der Waals surface area contributed by atoms with E-state index < -0.39 is 0 Å². The van der Waals surface area contributed by atoms with E-state index >= 15 is 0 Å². The van der Waals surface area contributed by atoms with Crippen molar-refractivity contribution in [2.75, 3.05) is 45.9 Å². The van der Waals surface area contributed by atoms with Gasteiger partial charge < -0.3 is 14.8 Å². The second-order valence-corrected chi connectivity index (χ2v) is 6.01. The Balaban J connectivity index is 1.70. The van der Waals surface area contributed by atoms with Crippen LogP contribution in [-0.2, 0) is 0 Å². The molecule has 1 fully saturated rings. The number of ether oxygens (including phenoxy) is 1. The zero-order valence-electron chi connectivity index (χ0n) is 14.0. The van der Waals surface area contributed by atoms with E-state index in [1.165, 1.54) is 0 Å². The first-order chi connectivity index (χ1) is 11.2. The minimum Gasteiger partial charge on any atom is -0.494 e. The summed E-state index contributed by atoms with van der Waals surface area (Å²) in [7, 11) is 0. The molecule has 2 heterocycles. The number of hydrogen-bond donors (Lipinski definition) is 2. The van der Waals surface area contributed by atoms with E-state index in [2.05, 4.69) is 21.7 Å². The van der Waals surface area contributed by atoms with Crippen LogP contribution in [0.5, 0.6) is 5.75 Å². The first-order valence-electron chi connectivity index (χ1n) is 8.41. The maximum atomic E-state index is 9.03. The molecular formula is C17H26N4O2. The molecule has 0 aliphatic carbocycles. The molecule has 6 nitrogen and oxygen atoms in total. The van der Waals surface area contributed by atoms with E-state index in [-0.39, 0.29) is 12.6 Å². The molecule has 1 aliphatic rings. The molecule has 126 valence electrons. The Morgan fingerprint density at radius 1 is 1.30 bits per heavy atom. The fraction of sp³-hybridized carbons (Fsp3) is 0.588. The number of imidazole rings is 1. The highest BCUT2D eigenvalue weighted by Gasteiger charge is 2.23. The van der Waals surface area contributed by atoms with Crippen molar-refractivity contribution >= 4 is 11.0 Å². The van der Waals surface area contributed by atoms with Gasteiger partial charge in [-0.1, -0.05) is 0 Å². The van der Waals surface area contributed by atoms with Crippen molar-refractivity contribution in [2.45, 2.75) is 19.9 Å². The fourth-order valence-corrected chi connectivity index (χ4v) is 3.15. The predicted octanol–water partition coefficient (Wildman–Crippen LogP) is 1.63. The lowest BCUT2D eigenvalue weighted by molar-refractivity contribution is 0.0865. The van der Waals surface area contributed by atoms with Crippen molar-refractivity contribution < 1.29 is 9.84 Å². The number of aromatic nitrogens is 2. The Morgan fingerprint density at radius 3 is 2.78 bits per heavy atom. The van der Waals surface area contributed by atoms with Crippen LogP contribution in [0.15, 0.2) is 18.2 Å². The van der Waals surface area contributed by atoms with E-state index in [0.29, 0.717) is 6.61 Å². The Hall–Kier alpha value is -1.63. The average molecular weight is 318 g/mol. The minimum atomic E-state index is 0.237. The summed E-state index contributed by atoms with van der Waals surface area (Å²) in [5.74, 6) is 1.88. The molecule has 2 aromatic rings. The van der Waals surface area contributed by atoms with E-state index in [4.69, 9.17) is 14.8 Å². The van der Waals surface area contributed by atoms with Crippen LogP contribution in [0, 0.1) is 0 Å². The molecule has 23 heavy (non-hydrogen) atoms. The van der Waals surface area contributed by atoms with Crippen LogP contribution in [0.4, 0.5) is 0 Å². The molecule has 0 spiro atoms. The number of benzene rings is 1. The van der Waals surface area contributed by atoms with Gasteiger partial charge in [-0.15, -0.1) is 0 Å². The highest BCUT2D eigenvalue weighted by molar-refractivity contribution is 5.76. The molecule has 2 N–H and O–H groups in total. The third-order valence-electron chi connectivity index (χ3n) is 4.55. The monoisotopic (exact) mass is 318 g/mol. The standard InChI is InChI=1S/C17H26N4O2/c1-3-23-14-4-5-15-16(12-14)19-17(18-15)13(2)21-8-6-20(7-9-21)10-11-22/h4-5,12-13,22H,3,6-11H2,1-2H3,(H,18,19). The summed E-state index contributed by atoms with van der Waals surface area (Å²) in [6.07, 6.45) is 0. The second kappa shape index (κ2) is 7.29. The van der Waals surface area contributed by atoms with Gasteiger partial charge in [0.05, 0.1) is 30.3 Å². The summed E-state index contributed by atoms with van der Waals surface area (Å²) in [4.78, 5) is 12.9. The molecule has 3 rings (SSSR count). The van der Waals surface area contributed by atoms with E-state index in [1.54, 1.807) is 0 Å². The molecule has 0 saturated carbocycles. The second-order valence-electron chi connectivity index (χ2n) is 6.01. The minimum absolute atomic E-state index is 0.237. The lowest BCUT2D eigenvalue weighted by atomic mass is 10.2. The molecule has 0 radical (unpaired) electrons. The molecule has 1 atom stereocenters. The van der Waals surface area contributed by atoms with Gasteiger partial charge >= 0.3 is 0 Å². The van der Waals surface area contributed by atoms with E-state index in [9.17, 15) is 0 Å². The number of nitrogens with zero attached hydrogens (tertiary/aromatic N) is 3. The number of H-pyrrole nitrogens is 1. The summed E-state index contributed by atoms with van der Waals surface area (Å²) >= 11 is 0. The number of piperazine rings is 1. The van der Waals surface area contributed by atoms with E-state index in [0.717, 1.165) is 55.3 Å². The maximum Gasteiger partial charge on any atom is 0.124 e. The third-order valence-corrected chi connectivity index (χ3v) is 4.55. The van der Waals surface area contributed by atoms with Crippen molar-refractivity contribution in [3.05, 3.63) is 24.0 Å². The normalized spacial score (nSPS) is 18.4. The van der Waals surface area contributed by atoms with Crippen molar-refractivity contribution in [3.8, 4) is 5.75 Å². The summed E-state index contributed by atoms with van der Waals surface area (Å²) in [5.41, 5.74) is 2.01. The molecule has 1 aliphatic heterocycles. The number of rotatable bonds is 6. The molecule has 0 amide bonds. The Morgan fingerprint density at radius 2 is 2.09 bits per heavy atom. The number of aromatic amines is 1. The lowest BCUT2D eigenvalue weighted by Gasteiger charge is -2.37. The lowest BCUT2D eigenvalue weighted by Crippen LogP contribution is -2.47. The smallest absolute Gasteiger partial charge is 0.124 e. The van der Waals surface area contributed by atoms with Crippen LogP contribution in [0.25, 0.3) is 11.0 Å². The van der Waals surface area contributed by atoms with Gasteiger partial charge in [-0.25, -0.2) is 4.98 Å². The molecule has 0 bridgehead atoms. The van der Waals surface area contributed by atoms with Gasteiger partial charge in [-0.05, 0) is 26.0 Å². The first-order valence-corrected chi connectivity index (χ1v) is 8.41. The van der Waals surface area contributed by atoms with Crippen molar-refractivity contribution in [3.63, 3.8) is 0 Å². The SMILES string of the molecule is CCOc1ccc2nc(C(C)N3CCN(CCO)CC3)[nH]c2c1. The number of β-amino-alcohol motifs (C(OH)–C–C–N with tert-alkyl or cyclic N) is 1. The van der Waals surface area contributed by atoms with E-state index in [1.807, 2.05) is 25.1 Å². The summed E-state index contributed by atoms with van der Waals surface area (Å²) < 4.78 is 5.55. The number of aliphatic hydroxyl groups excluding tert-OH is 1. The zero-order chi connectivity index (χ0) is 16.2. The average Bonchev–Trinajstić information content (AvgIpc) is 2.99. The zero-order valence-corrected chi connectivity index (χ0v) is 14.0. The number of fused-ring (bicyclic) bond motifs is 1. The molecule has 1 unspecified atom stereocenters. The van der Waals surface area contributed by atoms with Gasteiger partial charge in [0.2, 0.25) is 0 Å². The topological polar surface area (TPSA) is 64.6 Å². The Bertz CT molecular complexity index is 635. The van der Waals surface area contributed by atoms with Crippen molar-refractivity contribution in [2.24, 2.45) is 0 Å². The molecule has 1 aromatic carbocycles. The number of nitrogens with one attached hydrogen (secondary N) is 1. The Labute approximate surface area is 137 Å². The number of hydrogen-bond acceptors (Lipinski definition) is 5. The van der Waals surface area contributed by atoms with Gasteiger partial charge in [-0.3, -0.25) is 9.80 Å². The maximum absolute atomic E-state index is 9.03. The highest BCUT2D eigenvalue weighted by atomic mass is 16.5. The largest absolute Gasteiger partial charge is 0.494 e. The predicted molar refractivity (Wildman–Crippen MR) is 90.8 cm³/mol. The van der Waals surface area contributed by atoms with Crippen molar-refractivity contribution in [1.29, 1.82) is 0 Å². The van der Waals surface area contributed by atoms with Gasteiger partial charge in [0.15, 0.2) is 0 Å². The highest BCUT2D eigenvalue weighted by Crippen LogP contribution is 2.24. The van der Waals surface area contributed by atoms with Crippen LogP contribution in [0.1, 0.15) is 25.7 Å². The summed E-state index contributed by atoms with van der Waals surface area (Å²) in [6.45, 7) is 9.86. The molecule has 1 aromatic heterocycles. The quantitative estimate of drug-likeness (QED) is 0.847. The summed E-state index contributed by atoms with van der Waals surface area (Å²) in [6, 6.07) is 6.25. The van der Waals surface area contributed by atoms with Gasteiger partial charge in [0.1, 0.15) is 11.6 Å². The van der Waals surface area contributed by atoms with Crippen molar-refractivity contribution in [1.82, 2.24) is 19.8 Å². The van der Waals surface area contributed by atoms with Crippen LogP contribution in [0.2, 0.25) is 0 Å². The summed E-state index contributed by atoms with van der Waals surface area (Å²) in [5, 5.41) is 9.03. The van der Waals surface area contributed by atoms with Crippen LogP contribution < -0.4 is 4.74 Å². The first kappa shape index (κ1) is 16.2. The molecular weight excluding hydrogens is 292 g/mol. The molecule has 1 saturated heterocycles. The van der Waals surface area contributed by atoms with Crippen LogP contribution >= 0.6 is 0 Å². The number of aliphatic hydroxyl groups is 1. The van der Waals surface area contributed by atoms with Gasteiger partial charge in [0.25, 0.3) is 0 Å².